The van der Waals surface area contributed by atoms with Crippen LogP contribution in [0.5, 0.6) is 5.75 Å². The maximum Gasteiger partial charge on any atom is 0.319 e. The molecule has 4 rings (SSSR count). The molecule has 4 atom stereocenters. The van der Waals surface area contributed by atoms with Gasteiger partial charge in [0, 0.05) is 43.9 Å². The molecule has 0 bridgehead atoms. The summed E-state index contributed by atoms with van der Waals surface area (Å²) >= 11 is 0. The molecule has 0 unspecified atom stereocenters. The predicted molar refractivity (Wildman–Crippen MR) is 179 cm³/mol. The first-order chi connectivity index (χ1) is 21.7. The Labute approximate surface area is 269 Å². The first-order valence-electron chi connectivity index (χ1n) is 16.9. The molecule has 2 aromatic carbocycles. The second-order valence-electron chi connectivity index (χ2n) is 13.1. The number of carbonyl (C=O) groups is 2. The number of aliphatic hydroxyl groups excluding tert-OH is 1. The first kappa shape index (κ1) is 34.7. The average molecular weight is 623 g/mol. The lowest BCUT2D eigenvalue weighted by atomic mass is 9.96. The molecule has 1 heterocycles. The van der Waals surface area contributed by atoms with E-state index in [2.05, 4.69) is 53.8 Å². The molecule has 3 amide bonds. The molecule has 0 spiro atoms. The van der Waals surface area contributed by atoms with Crippen molar-refractivity contribution in [2.75, 3.05) is 38.7 Å². The summed E-state index contributed by atoms with van der Waals surface area (Å²) in [6.45, 7) is 8.37. The van der Waals surface area contributed by atoms with Gasteiger partial charge in [-0.05, 0) is 76.8 Å². The first-order valence-corrected chi connectivity index (χ1v) is 16.9. The second kappa shape index (κ2) is 17.5. The van der Waals surface area contributed by atoms with Crippen molar-refractivity contribution >= 4 is 17.6 Å². The molecule has 9 heteroatoms. The van der Waals surface area contributed by atoms with Crippen LogP contribution in [0.15, 0.2) is 48.5 Å². The number of urea groups is 1. The van der Waals surface area contributed by atoms with Gasteiger partial charge >= 0.3 is 6.03 Å². The van der Waals surface area contributed by atoms with Gasteiger partial charge in [0.25, 0.3) is 5.91 Å². The maximum absolute atomic E-state index is 14.3. The van der Waals surface area contributed by atoms with Crippen LogP contribution in [0.1, 0.15) is 88.1 Å². The lowest BCUT2D eigenvalue weighted by Gasteiger charge is -2.36. The normalized spacial score (nSPS) is 23.0. The molecule has 9 nitrogen and oxygen atoms in total. The minimum Gasteiger partial charge on any atom is -0.490 e. The SMILES string of the molecule is C[C@@H]1CN([C@H](C)CO)C(=O)c2cc(NC(=O)NC3CCCCC3)ccc2O[C@@H](C)CCCCO[C@H]1CN(C)Cc1ccccc1. The number of carbonyl (C=O) groups excluding carboxylic acids is 2. The summed E-state index contributed by atoms with van der Waals surface area (Å²) in [6, 6.07) is 15.1. The Balaban J connectivity index is 1.56. The van der Waals surface area contributed by atoms with Gasteiger partial charge in [-0.3, -0.25) is 9.69 Å². The van der Waals surface area contributed by atoms with Crippen LogP contribution < -0.4 is 15.4 Å². The van der Waals surface area contributed by atoms with Crippen molar-refractivity contribution < 1.29 is 24.2 Å². The van der Waals surface area contributed by atoms with Crippen molar-refractivity contribution in [2.24, 2.45) is 5.92 Å². The van der Waals surface area contributed by atoms with Gasteiger partial charge in [0.2, 0.25) is 0 Å². The highest BCUT2D eigenvalue weighted by atomic mass is 16.5. The molecule has 3 N–H and O–H groups in total. The zero-order valence-corrected chi connectivity index (χ0v) is 27.7. The lowest BCUT2D eigenvalue weighted by Crippen LogP contribution is -2.47. The van der Waals surface area contributed by atoms with Gasteiger partial charge < -0.3 is 30.1 Å². The Kier molecular flexibility index (Phi) is 13.5. The molecule has 2 aromatic rings. The number of benzene rings is 2. The van der Waals surface area contributed by atoms with Crippen molar-refractivity contribution in [2.45, 2.75) is 103 Å². The van der Waals surface area contributed by atoms with E-state index < -0.39 is 6.04 Å². The van der Waals surface area contributed by atoms with Crippen molar-refractivity contribution in [3.63, 3.8) is 0 Å². The number of amides is 3. The standard InChI is InChI=1S/C36H54N4O5/c1-26-22-40(27(2)25-41)35(42)32-21-31(38-36(43)37-30-16-9-6-10-17-30)18-19-33(32)45-28(3)13-11-12-20-44-34(26)24-39(4)23-29-14-7-5-8-15-29/h5,7-8,14-15,18-19,21,26-28,30,34,41H,6,9-13,16-17,20,22-25H2,1-4H3,(H2,37,38,43)/t26-,27-,28+,34+/m1/s1. The van der Waals surface area contributed by atoms with Crippen molar-refractivity contribution in [1.82, 2.24) is 15.1 Å². The van der Waals surface area contributed by atoms with Crippen LogP contribution in [-0.2, 0) is 11.3 Å². The number of aliphatic hydroxyl groups is 1. The Morgan fingerprint density at radius 2 is 1.78 bits per heavy atom. The lowest BCUT2D eigenvalue weighted by molar-refractivity contribution is -0.0177. The summed E-state index contributed by atoms with van der Waals surface area (Å²) in [5.41, 5.74) is 2.14. The van der Waals surface area contributed by atoms with E-state index in [1.165, 1.54) is 12.0 Å². The molecule has 0 aromatic heterocycles. The molecule has 1 aliphatic carbocycles. The third-order valence-electron chi connectivity index (χ3n) is 9.04. The van der Waals surface area contributed by atoms with E-state index in [0.717, 1.165) is 51.5 Å². The van der Waals surface area contributed by atoms with E-state index in [1.54, 1.807) is 23.1 Å². The van der Waals surface area contributed by atoms with Gasteiger partial charge in [0.05, 0.1) is 30.4 Å². The monoisotopic (exact) mass is 622 g/mol. The van der Waals surface area contributed by atoms with Gasteiger partial charge in [0.1, 0.15) is 5.75 Å². The largest absolute Gasteiger partial charge is 0.490 e. The average Bonchev–Trinajstić information content (AvgIpc) is 3.03. The summed E-state index contributed by atoms with van der Waals surface area (Å²) in [4.78, 5) is 31.2. The summed E-state index contributed by atoms with van der Waals surface area (Å²) in [5, 5.41) is 16.3. The highest BCUT2D eigenvalue weighted by Crippen LogP contribution is 2.29. The molecular formula is C36H54N4O5. The predicted octanol–water partition coefficient (Wildman–Crippen LogP) is 6.07. The fourth-order valence-electron chi connectivity index (χ4n) is 6.33. The molecule has 2 aliphatic rings. The van der Waals surface area contributed by atoms with E-state index in [1.807, 2.05) is 19.9 Å². The maximum atomic E-state index is 14.3. The van der Waals surface area contributed by atoms with Crippen molar-refractivity contribution in [3.8, 4) is 5.75 Å². The number of anilines is 1. The molecule has 45 heavy (non-hydrogen) atoms. The van der Waals surface area contributed by atoms with E-state index in [9.17, 15) is 14.7 Å². The number of ether oxygens (including phenoxy) is 2. The Morgan fingerprint density at radius 3 is 2.51 bits per heavy atom. The number of hydrogen-bond acceptors (Lipinski definition) is 6. The van der Waals surface area contributed by atoms with Crippen LogP contribution in [0.4, 0.5) is 10.5 Å². The Morgan fingerprint density at radius 1 is 1.04 bits per heavy atom. The quantitative estimate of drug-likeness (QED) is 0.330. The van der Waals surface area contributed by atoms with Crippen LogP contribution in [0, 0.1) is 5.92 Å². The van der Waals surface area contributed by atoms with E-state index in [-0.39, 0.29) is 42.7 Å². The number of nitrogens with zero attached hydrogens (tertiary/aromatic N) is 2. The highest BCUT2D eigenvalue weighted by Gasteiger charge is 2.30. The third-order valence-corrected chi connectivity index (χ3v) is 9.04. The van der Waals surface area contributed by atoms with Crippen LogP contribution in [0.25, 0.3) is 0 Å². The van der Waals surface area contributed by atoms with E-state index in [4.69, 9.17) is 9.47 Å². The number of likely N-dealkylation sites (N-methyl/N-ethyl adjacent to an activating group) is 1. The number of hydrogen-bond donors (Lipinski definition) is 3. The second-order valence-corrected chi connectivity index (χ2v) is 13.1. The fourth-order valence-corrected chi connectivity index (χ4v) is 6.33. The van der Waals surface area contributed by atoms with Gasteiger partial charge in [-0.1, -0.05) is 56.5 Å². The fraction of sp³-hybridized carbons (Fsp3) is 0.611. The summed E-state index contributed by atoms with van der Waals surface area (Å²) in [6.07, 6.45) is 7.91. The minimum atomic E-state index is -0.424. The molecule has 248 valence electrons. The Hall–Kier alpha value is -3.14. The van der Waals surface area contributed by atoms with Crippen LogP contribution in [-0.4, -0.2) is 84.5 Å². The van der Waals surface area contributed by atoms with Gasteiger partial charge in [0.15, 0.2) is 0 Å². The molecule has 1 saturated carbocycles. The molecule has 0 saturated heterocycles. The van der Waals surface area contributed by atoms with E-state index >= 15 is 0 Å². The highest BCUT2D eigenvalue weighted by molar-refractivity contribution is 5.99. The van der Waals surface area contributed by atoms with Gasteiger partial charge in [-0.25, -0.2) is 4.79 Å². The van der Waals surface area contributed by atoms with Gasteiger partial charge in [-0.15, -0.1) is 0 Å². The number of rotatable bonds is 8. The minimum absolute atomic E-state index is 0.00464. The smallest absolute Gasteiger partial charge is 0.319 e. The summed E-state index contributed by atoms with van der Waals surface area (Å²) < 4.78 is 12.8. The molecule has 0 radical (unpaired) electrons. The zero-order valence-electron chi connectivity index (χ0n) is 27.7. The molecule has 1 fully saturated rings. The number of nitrogens with one attached hydrogen (secondary N) is 2. The summed E-state index contributed by atoms with van der Waals surface area (Å²) in [5.74, 6) is 0.242. The van der Waals surface area contributed by atoms with Crippen LogP contribution >= 0.6 is 0 Å². The van der Waals surface area contributed by atoms with Crippen LogP contribution in [0.3, 0.4) is 0 Å². The summed E-state index contributed by atoms with van der Waals surface area (Å²) in [7, 11) is 2.10. The third kappa shape index (κ3) is 10.7. The molecule has 1 aliphatic heterocycles. The number of fused-ring (bicyclic) bond motifs is 1. The van der Waals surface area contributed by atoms with Crippen molar-refractivity contribution in [3.05, 3.63) is 59.7 Å². The van der Waals surface area contributed by atoms with Crippen LogP contribution in [0.2, 0.25) is 0 Å². The van der Waals surface area contributed by atoms with E-state index in [0.29, 0.717) is 36.7 Å². The Bertz CT molecular complexity index is 1210. The van der Waals surface area contributed by atoms with Gasteiger partial charge in [-0.2, -0.15) is 0 Å². The van der Waals surface area contributed by atoms with Crippen molar-refractivity contribution in [1.29, 1.82) is 0 Å². The zero-order chi connectivity index (χ0) is 32.2. The topological polar surface area (TPSA) is 103 Å². The molecular weight excluding hydrogens is 568 g/mol.